The van der Waals surface area contributed by atoms with Gasteiger partial charge in [0.2, 0.25) is 0 Å². The average Bonchev–Trinajstić information content (AvgIpc) is 3.13. The summed E-state index contributed by atoms with van der Waals surface area (Å²) in [5.74, 6) is 1.29. The van der Waals surface area contributed by atoms with Crippen LogP contribution in [0.25, 0.3) is 0 Å². The van der Waals surface area contributed by atoms with Crippen molar-refractivity contribution < 1.29 is 9.53 Å². The minimum Gasteiger partial charge on any atom is -0.457 e. The number of ether oxygens (including phenoxy) is 1. The highest BCUT2D eigenvalue weighted by atomic mass is 16.5. The molecule has 0 aliphatic rings. The second-order valence-corrected chi connectivity index (χ2v) is 5.35. The molecular formula is C19H19N3O2. The summed E-state index contributed by atoms with van der Waals surface area (Å²) in [6, 6.07) is 16.7. The Morgan fingerprint density at radius 1 is 1.08 bits per heavy atom. The van der Waals surface area contributed by atoms with Gasteiger partial charge in [0.15, 0.2) is 0 Å². The van der Waals surface area contributed by atoms with Gasteiger partial charge in [0.25, 0.3) is 5.91 Å². The number of hydrogen-bond acceptors (Lipinski definition) is 3. The summed E-state index contributed by atoms with van der Waals surface area (Å²) in [7, 11) is 0. The van der Waals surface area contributed by atoms with Gasteiger partial charge in [-0.2, -0.15) is 0 Å². The molecule has 0 aliphatic carbocycles. The Labute approximate surface area is 140 Å². The minimum atomic E-state index is -0.0980. The van der Waals surface area contributed by atoms with Crippen LogP contribution in [-0.4, -0.2) is 22.0 Å². The van der Waals surface area contributed by atoms with E-state index in [1.54, 1.807) is 24.7 Å². The molecule has 0 saturated heterocycles. The van der Waals surface area contributed by atoms with Crippen LogP contribution in [0.2, 0.25) is 0 Å². The maximum absolute atomic E-state index is 12.2. The van der Waals surface area contributed by atoms with Gasteiger partial charge < -0.3 is 14.6 Å². The fraction of sp³-hybridized carbons (Fsp3) is 0.158. The van der Waals surface area contributed by atoms with E-state index in [0.29, 0.717) is 17.9 Å². The molecule has 122 valence electrons. The third-order valence-electron chi connectivity index (χ3n) is 3.51. The van der Waals surface area contributed by atoms with Gasteiger partial charge in [0.05, 0.1) is 6.33 Å². The topological polar surface area (TPSA) is 56.2 Å². The van der Waals surface area contributed by atoms with Crippen molar-refractivity contribution in [2.24, 2.45) is 0 Å². The van der Waals surface area contributed by atoms with Crippen molar-refractivity contribution in [3.63, 3.8) is 0 Å². The van der Waals surface area contributed by atoms with E-state index in [0.717, 1.165) is 18.7 Å². The SMILES string of the molecule is O=C(NCCCn1ccnc1)c1cccc(Oc2ccccc2)c1. The van der Waals surface area contributed by atoms with Gasteiger partial charge in [-0.25, -0.2) is 4.98 Å². The summed E-state index contributed by atoms with van der Waals surface area (Å²) >= 11 is 0. The first-order valence-corrected chi connectivity index (χ1v) is 7.88. The molecule has 5 nitrogen and oxygen atoms in total. The summed E-state index contributed by atoms with van der Waals surface area (Å²) in [6.07, 6.45) is 6.28. The first-order valence-electron chi connectivity index (χ1n) is 7.88. The van der Waals surface area contributed by atoms with E-state index in [4.69, 9.17) is 4.74 Å². The fourth-order valence-electron chi connectivity index (χ4n) is 2.31. The highest BCUT2D eigenvalue weighted by Gasteiger charge is 2.06. The molecule has 0 saturated carbocycles. The van der Waals surface area contributed by atoms with Crippen molar-refractivity contribution in [2.45, 2.75) is 13.0 Å². The lowest BCUT2D eigenvalue weighted by Crippen LogP contribution is -2.25. The number of hydrogen-bond donors (Lipinski definition) is 1. The maximum atomic E-state index is 12.2. The number of para-hydroxylation sites is 1. The van der Waals surface area contributed by atoms with Gasteiger partial charge in [-0.3, -0.25) is 4.79 Å². The molecular weight excluding hydrogens is 302 g/mol. The lowest BCUT2D eigenvalue weighted by Gasteiger charge is -2.08. The normalized spacial score (nSPS) is 10.3. The van der Waals surface area contributed by atoms with Crippen molar-refractivity contribution in [3.8, 4) is 11.5 Å². The molecule has 0 radical (unpaired) electrons. The van der Waals surface area contributed by atoms with Crippen LogP contribution in [0, 0.1) is 0 Å². The van der Waals surface area contributed by atoms with Crippen molar-refractivity contribution in [1.29, 1.82) is 0 Å². The molecule has 0 spiro atoms. The highest BCUT2D eigenvalue weighted by molar-refractivity contribution is 5.94. The molecule has 1 N–H and O–H groups in total. The highest BCUT2D eigenvalue weighted by Crippen LogP contribution is 2.21. The number of nitrogens with one attached hydrogen (secondary N) is 1. The molecule has 0 bridgehead atoms. The molecule has 0 fully saturated rings. The maximum Gasteiger partial charge on any atom is 0.251 e. The van der Waals surface area contributed by atoms with Gasteiger partial charge in [-0.1, -0.05) is 24.3 Å². The number of benzene rings is 2. The van der Waals surface area contributed by atoms with E-state index in [9.17, 15) is 4.79 Å². The van der Waals surface area contributed by atoms with E-state index in [-0.39, 0.29) is 5.91 Å². The van der Waals surface area contributed by atoms with E-state index in [1.807, 2.05) is 53.2 Å². The minimum absolute atomic E-state index is 0.0980. The molecule has 0 unspecified atom stereocenters. The van der Waals surface area contributed by atoms with E-state index in [2.05, 4.69) is 10.3 Å². The lowest BCUT2D eigenvalue weighted by molar-refractivity contribution is 0.0952. The van der Waals surface area contributed by atoms with Gasteiger partial charge in [0.1, 0.15) is 11.5 Å². The van der Waals surface area contributed by atoms with E-state index in [1.165, 1.54) is 0 Å². The molecule has 1 aromatic heterocycles. The largest absolute Gasteiger partial charge is 0.457 e. The molecule has 5 heteroatoms. The second kappa shape index (κ2) is 7.97. The monoisotopic (exact) mass is 321 g/mol. The Kier molecular flexibility index (Phi) is 5.24. The first kappa shape index (κ1) is 15.8. The summed E-state index contributed by atoms with van der Waals surface area (Å²) in [6.45, 7) is 1.44. The standard InChI is InChI=1S/C19H19N3O2/c23-19(21-10-5-12-22-13-11-20-15-22)16-6-4-9-18(14-16)24-17-7-2-1-3-8-17/h1-4,6-9,11,13-15H,5,10,12H2,(H,21,23). The van der Waals surface area contributed by atoms with Crippen molar-refractivity contribution in [2.75, 3.05) is 6.54 Å². The van der Waals surface area contributed by atoms with Gasteiger partial charge in [0, 0.05) is 31.0 Å². The summed E-state index contributed by atoms with van der Waals surface area (Å²) < 4.78 is 7.74. The van der Waals surface area contributed by atoms with Crippen LogP contribution in [0.15, 0.2) is 73.3 Å². The van der Waals surface area contributed by atoms with Crippen LogP contribution >= 0.6 is 0 Å². The predicted molar refractivity (Wildman–Crippen MR) is 92.1 cm³/mol. The molecule has 2 aromatic carbocycles. The first-order chi connectivity index (χ1) is 11.8. The van der Waals surface area contributed by atoms with Crippen LogP contribution in [-0.2, 0) is 6.54 Å². The number of imidazole rings is 1. The third-order valence-corrected chi connectivity index (χ3v) is 3.51. The Balaban J connectivity index is 1.52. The number of aromatic nitrogens is 2. The zero-order valence-corrected chi connectivity index (χ0v) is 13.3. The molecule has 24 heavy (non-hydrogen) atoms. The molecule has 3 aromatic rings. The summed E-state index contributed by atoms with van der Waals surface area (Å²) in [4.78, 5) is 16.2. The number of aryl methyl sites for hydroxylation is 1. The van der Waals surface area contributed by atoms with Crippen molar-refractivity contribution >= 4 is 5.91 Å². The zero-order chi connectivity index (χ0) is 16.6. The van der Waals surface area contributed by atoms with Crippen LogP contribution in [0.5, 0.6) is 11.5 Å². The predicted octanol–water partition coefficient (Wildman–Crippen LogP) is 3.50. The van der Waals surface area contributed by atoms with Crippen LogP contribution in [0.1, 0.15) is 16.8 Å². The van der Waals surface area contributed by atoms with Gasteiger partial charge in [-0.15, -0.1) is 0 Å². The summed E-state index contributed by atoms with van der Waals surface area (Å²) in [5.41, 5.74) is 0.589. The smallest absolute Gasteiger partial charge is 0.251 e. The van der Waals surface area contributed by atoms with Crippen LogP contribution in [0.3, 0.4) is 0 Å². The molecule has 0 aliphatic heterocycles. The van der Waals surface area contributed by atoms with Crippen LogP contribution < -0.4 is 10.1 Å². The molecule has 0 atom stereocenters. The Morgan fingerprint density at radius 3 is 2.71 bits per heavy atom. The van der Waals surface area contributed by atoms with Gasteiger partial charge >= 0.3 is 0 Å². The third kappa shape index (κ3) is 4.46. The average molecular weight is 321 g/mol. The number of carbonyl (C=O) groups excluding carboxylic acids is 1. The Morgan fingerprint density at radius 2 is 1.92 bits per heavy atom. The molecule has 1 heterocycles. The number of amides is 1. The number of carbonyl (C=O) groups is 1. The lowest BCUT2D eigenvalue weighted by atomic mass is 10.2. The Hall–Kier alpha value is -3.08. The quantitative estimate of drug-likeness (QED) is 0.678. The Bertz CT molecular complexity index is 770. The number of rotatable bonds is 7. The fourth-order valence-corrected chi connectivity index (χ4v) is 2.31. The van der Waals surface area contributed by atoms with Gasteiger partial charge in [-0.05, 0) is 36.8 Å². The summed E-state index contributed by atoms with van der Waals surface area (Å²) in [5, 5.41) is 2.92. The van der Waals surface area contributed by atoms with Crippen LogP contribution in [0.4, 0.5) is 0 Å². The second-order valence-electron chi connectivity index (χ2n) is 5.35. The molecule has 3 rings (SSSR count). The van der Waals surface area contributed by atoms with Crippen molar-refractivity contribution in [1.82, 2.24) is 14.9 Å². The number of nitrogens with zero attached hydrogens (tertiary/aromatic N) is 2. The zero-order valence-electron chi connectivity index (χ0n) is 13.3. The van der Waals surface area contributed by atoms with E-state index < -0.39 is 0 Å². The molecule has 1 amide bonds. The van der Waals surface area contributed by atoms with Crippen molar-refractivity contribution in [3.05, 3.63) is 78.9 Å². The van der Waals surface area contributed by atoms with E-state index >= 15 is 0 Å².